The van der Waals surface area contributed by atoms with Gasteiger partial charge in [0, 0.05) is 17.9 Å². The number of H-pyrrole nitrogens is 1. The van der Waals surface area contributed by atoms with Crippen LogP contribution in [0.2, 0.25) is 0 Å². The Morgan fingerprint density at radius 2 is 1.69 bits per heavy atom. The number of aliphatic hydroxyl groups excluding tert-OH is 2. The normalized spacial score (nSPS) is 12.2. The lowest BCUT2D eigenvalue weighted by atomic mass is 10.1. The second kappa shape index (κ2) is 14.8. The summed E-state index contributed by atoms with van der Waals surface area (Å²) in [6, 6.07) is 10.8. The van der Waals surface area contributed by atoms with Gasteiger partial charge in [-0.2, -0.15) is 0 Å². The molecule has 1 unspecified atom stereocenters. The zero-order chi connectivity index (χ0) is 30.8. The molecular formula is C30H38N6O6. The first-order valence-electron chi connectivity index (χ1n) is 13.5. The standard InChI is InChI=1S/C30H38N6O6/c1-6-18(3)28(34-23-10-8-22(12-20(23)5)42-15-25(39)31-13-21(38)14-37)36-30(41)27-26(32-16-33-27)29(40)35-24-9-7-17(2)11-19(24)4/h7-12,16,21,34,37-38H,6,13-15H2,1-5H3,(H,31,39)(H,32,33)(H,35,40)(H,36,41)/b28-18-. The molecule has 0 aliphatic rings. The predicted octanol–water partition coefficient (Wildman–Crippen LogP) is 2.92. The Morgan fingerprint density at radius 1 is 1.00 bits per heavy atom. The number of aromatic amines is 1. The highest BCUT2D eigenvalue weighted by molar-refractivity contribution is 6.10. The molecule has 0 fully saturated rings. The monoisotopic (exact) mass is 578 g/mol. The summed E-state index contributed by atoms with van der Waals surface area (Å²) in [4.78, 5) is 45.1. The molecule has 0 saturated carbocycles. The van der Waals surface area contributed by atoms with E-state index in [2.05, 4.69) is 31.2 Å². The minimum absolute atomic E-state index is 0.0192. The molecule has 2 aromatic carbocycles. The maximum atomic E-state index is 13.3. The van der Waals surface area contributed by atoms with E-state index in [-0.39, 0.29) is 24.5 Å². The lowest BCUT2D eigenvalue weighted by Crippen LogP contribution is -2.36. The Kier molecular flexibility index (Phi) is 11.2. The van der Waals surface area contributed by atoms with E-state index in [1.165, 1.54) is 6.33 Å². The van der Waals surface area contributed by atoms with E-state index in [0.717, 1.165) is 22.3 Å². The van der Waals surface area contributed by atoms with Crippen molar-refractivity contribution in [3.63, 3.8) is 0 Å². The van der Waals surface area contributed by atoms with E-state index in [1.807, 2.05) is 52.8 Å². The first-order valence-corrected chi connectivity index (χ1v) is 13.5. The summed E-state index contributed by atoms with van der Waals surface area (Å²) >= 11 is 0. The number of carbonyl (C=O) groups is 3. The van der Waals surface area contributed by atoms with E-state index < -0.39 is 30.4 Å². The van der Waals surface area contributed by atoms with Crippen LogP contribution in [0.15, 0.2) is 54.1 Å². The molecule has 12 nitrogen and oxygen atoms in total. The Labute approximate surface area is 244 Å². The zero-order valence-electron chi connectivity index (χ0n) is 24.4. The van der Waals surface area contributed by atoms with Crippen LogP contribution in [0.25, 0.3) is 0 Å². The summed E-state index contributed by atoms with van der Waals surface area (Å²) in [5.41, 5.74) is 4.93. The van der Waals surface area contributed by atoms with Gasteiger partial charge in [-0.05, 0) is 75.1 Å². The highest BCUT2D eigenvalue weighted by Gasteiger charge is 2.22. The van der Waals surface area contributed by atoms with Gasteiger partial charge in [-0.3, -0.25) is 14.4 Å². The van der Waals surface area contributed by atoms with Crippen molar-refractivity contribution in [3.8, 4) is 5.75 Å². The van der Waals surface area contributed by atoms with Crippen LogP contribution in [0, 0.1) is 20.8 Å². The Morgan fingerprint density at radius 3 is 2.36 bits per heavy atom. The molecule has 0 saturated heterocycles. The number of amides is 3. The second-order valence-corrected chi connectivity index (χ2v) is 9.89. The SMILES string of the molecule is CC/C(C)=C(\NC(=O)c1[nH]cnc1C(=O)Nc1ccc(C)cc1C)Nc1ccc(OCC(=O)NCC(O)CO)cc1C. The molecule has 1 atom stereocenters. The molecule has 224 valence electrons. The van der Waals surface area contributed by atoms with Crippen LogP contribution in [-0.4, -0.2) is 63.8 Å². The van der Waals surface area contributed by atoms with Crippen molar-refractivity contribution in [2.45, 2.75) is 47.1 Å². The number of nitrogens with one attached hydrogen (secondary N) is 5. The molecule has 3 rings (SSSR count). The number of aliphatic hydroxyl groups is 2. The van der Waals surface area contributed by atoms with Crippen molar-refractivity contribution >= 4 is 29.1 Å². The number of hydrogen-bond donors (Lipinski definition) is 7. The van der Waals surface area contributed by atoms with Crippen LogP contribution in [0.4, 0.5) is 11.4 Å². The van der Waals surface area contributed by atoms with Crippen LogP contribution in [0.1, 0.15) is 57.9 Å². The minimum atomic E-state index is -1.03. The number of hydrogen-bond acceptors (Lipinski definition) is 8. The van der Waals surface area contributed by atoms with Crippen molar-refractivity contribution in [3.05, 3.63) is 82.2 Å². The first-order chi connectivity index (χ1) is 20.0. The summed E-state index contributed by atoms with van der Waals surface area (Å²) < 4.78 is 5.53. The van der Waals surface area contributed by atoms with Crippen molar-refractivity contribution in [1.29, 1.82) is 0 Å². The Balaban J connectivity index is 1.68. The van der Waals surface area contributed by atoms with E-state index in [4.69, 9.17) is 9.84 Å². The number of aromatic nitrogens is 2. The molecule has 0 radical (unpaired) electrons. The number of imidazole rings is 1. The number of anilines is 2. The van der Waals surface area contributed by atoms with Gasteiger partial charge in [-0.25, -0.2) is 4.98 Å². The molecule has 0 bridgehead atoms. The average molecular weight is 579 g/mol. The van der Waals surface area contributed by atoms with Crippen LogP contribution < -0.4 is 26.0 Å². The predicted molar refractivity (Wildman–Crippen MR) is 159 cm³/mol. The van der Waals surface area contributed by atoms with Gasteiger partial charge in [0.1, 0.15) is 17.3 Å². The number of ether oxygens (including phenoxy) is 1. The minimum Gasteiger partial charge on any atom is -0.484 e. The third kappa shape index (κ3) is 8.66. The molecule has 0 aliphatic heterocycles. The number of benzene rings is 2. The van der Waals surface area contributed by atoms with Crippen molar-refractivity contribution < 1.29 is 29.3 Å². The van der Waals surface area contributed by atoms with Gasteiger partial charge in [-0.15, -0.1) is 0 Å². The summed E-state index contributed by atoms with van der Waals surface area (Å²) in [6.45, 7) is 8.75. The van der Waals surface area contributed by atoms with Crippen molar-refractivity contribution in [2.75, 3.05) is 30.4 Å². The molecule has 3 aromatic rings. The van der Waals surface area contributed by atoms with Crippen LogP contribution in [0.5, 0.6) is 5.75 Å². The third-order valence-electron chi connectivity index (χ3n) is 6.48. The molecule has 42 heavy (non-hydrogen) atoms. The zero-order valence-corrected chi connectivity index (χ0v) is 24.4. The van der Waals surface area contributed by atoms with Gasteiger partial charge in [-0.1, -0.05) is 24.6 Å². The Hall–Kier alpha value is -4.68. The summed E-state index contributed by atoms with van der Waals surface area (Å²) in [5.74, 6) is -0.576. The highest BCUT2D eigenvalue weighted by atomic mass is 16.5. The topological polar surface area (TPSA) is 178 Å². The van der Waals surface area contributed by atoms with Gasteiger partial charge in [0.25, 0.3) is 17.7 Å². The number of rotatable bonds is 13. The molecule has 12 heteroatoms. The van der Waals surface area contributed by atoms with Crippen molar-refractivity contribution in [1.82, 2.24) is 20.6 Å². The molecule has 0 aliphatic carbocycles. The fourth-order valence-corrected chi connectivity index (χ4v) is 3.87. The summed E-state index contributed by atoms with van der Waals surface area (Å²) in [7, 11) is 0. The van der Waals surface area contributed by atoms with Crippen LogP contribution in [-0.2, 0) is 4.79 Å². The number of nitrogens with zero attached hydrogens (tertiary/aromatic N) is 1. The van der Waals surface area contributed by atoms with Gasteiger partial charge in [0.2, 0.25) is 0 Å². The lowest BCUT2D eigenvalue weighted by molar-refractivity contribution is -0.123. The quantitative estimate of drug-likeness (QED) is 0.162. The van der Waals surface area contributed by atoms with E-state index in [1.54, 1.807) is 18.2 Å². The van der Waals surface area contributed by atoms with Crippen molar-refractivity contribution in [2.24, 2.45) is 0 Å². The molecule has 0 spiro atoms. The average Bonchev–Trinajstić information content (AvgIpc) is 3.47. The molecule has 7 N–H and O–H groups in total. The lowest BCUT2D eigenvalue weighted by Gasteiger charge is -2.18. The van der Waals surface area contributed by atoms with Gasteiger partial charge >= 0.3 is 0 Å². The fraction of sp³-hybridized carbons (Fsp3) is 0.333. The maximum Gasteiger partial charge on any atom is 0.276 e. The van der Waals surface area contributed by atoms with Crippen LogP contribution >= 0.6 is 0 Å². The highest BCUT2D eigenvalue weighted by Crippen LogP contribution is 2.24. The van der Waals surface area contributed by atoms with Gasteiger partial charge < -0.3 is 41.2 Å². The maximum absolute atomic E-state index is 13.3. The van der Waals surface area contributed by atoms with E-state index in [9.17, 15) is 19.5 Å². The number of aryl methyl sites for hydroxylation is 3. The molecule has 1 heterocycles. The van der Waals surface area contributed by atoms with Gasteiger partial charge in [0.05, 0.1) is 19.0 Å². The van der Waals surface area contributed by atoms with Crippen LogP contribution in [0.3, 0.4) is 0 Å². The largest absolute Gasteiger partial charge is 0.484 e. The summed E-state index contributed by atoms with van der Waals surface area (Å²) in [6.07, 6.45) is 0.912. The molecule has 1 aromatic heterocycles. The third-order valence-corrected chi connectivity index (χ3v) is 6.48. The molecule has 3 amide bonds. The van der Waals surface area contributed by atoms with E-state index >= 15 is 0 Å². The fourth-order valence-electron chi connectivity index (χ4n) is 3.87. The number of carbonyl (C=O) groups excluding carboxylic acids is 3. The second-order valence-electron chi connectivity index (χ2n) is 9.89. The smallest absolute Gasteiger partial charge is 0.276 e. The Bertz CT molecular complexity index is 1460. The first kappa shape index (κ1) is 31.8. The van der Waals surface area contributed by atoms with E-state index in [0.29, 0.717) is 29.4 Å². The molecular weight excluding hydrogens is 540 g/mol. The number of allylic oxidation sites excluding steroid dienone is 1. The van der Waals surface area contributed by atoms with Gasteiger partial charge in [0.15, 0.2) is 12.3 Å². The summed E-state index contributed by atoms with van der Waals surface area (Å²) in [5, 5.41) is 29.6.